The fourth-order valence-corrected chi connectivity index (χ4v) is 2.41. The summed E-state index contributed by atoms with van der Waals surface area (Å²) in [4.78, 5) is 23.8. The van der Waals surface area contributed by atoms with E-state index < -0.39 is 28.0 Å². The highest BCUT2D eigenvalue weighted by atomic mass is 32.2. The minimum absolute atomic E-state index is 0.130. The molecule has 3 N–H and O–H groups in total. The number of nitrogens with two attached hydrogens (primary N) is 1. The second-order valence-electron chi connectivity index (χ2n) is 4.98. The molecule has 0 aliphatic heterocycles. The highest BCUT2D eigenvalue weighted by Crippen LogP contribution is 2.15. The highest BCUT2D eigenvalue weighted by molar-refractivity contribution is 7.89. The topological polar surface area (TPSA) is 116 Å². The molecule has 1 amide bonds. The van der Waals surface area contributed by atoms with Crippen LogP contribution in [0.3, 0.4) is 0 Å². The van der Waals surface area contributed by atoms with Crippen molar-refractivity contribution in [2.75, 3.05) is 5.32 Å². The Morgan fingerprint density at radius 1 is 1.08 bits per heavy atom. The number of primary sulfonamides is 1. The van der Waals surface area contributed by atoms with E-state index >= 15 is 0 Å². The first-order valence-corrected chi connectivity index (χ1v) is 8.52. The predicted molar refractivity (Wildman–Crippen MR) is 87.8 cm³/mol. The highest BCUT2D eigenvalue weighted by Gasteiger charge is 2.19. The van der Waals surface area contributed by atoms with E-state index in [1.807, 2.05) is 0 Å². The number of sulfonamides is 1. The number of nitrogens with one attached hydrogen (secondary N) is 1. The molecule has 2 aromatic carbocycles. The van der Waals surface area contributed by atoms with Crippen molar-refractivity contribution in [2.45, 2.75) is 17.9 Å². The Hall–Kier alpha value is -2.71. The Labute approximate surface area is 139 Å². The van der Waals surface area contributed by atoms with E-state index in [0.717, 1.165) is 0 Å². The molecule has 0 aromatic heterocycles. The fourth-order valence-electron chi connectivity index (χ4n) is 1.85. The fraction of sp³-hybridized carbons (Fsp3) is 0.125. The van der Waals surface area contributed by atoms with Gasteiger partial charge in [0.05, 0.1) is 10.5 Å². The summed E-state index contributed by atoms with van der Waals surface area (Å²) in [6.07, 6.45) is -1.06. The molecule has 0 fully saturated rings. The smallest absolute Gasteiger partial charge is 0.338 e. The molecular formula is C16H16N2O5S. The van der Waals surface area contributed by atoms with Crippen LogP contribution in [0.2, 0.25) is 0 Å². The van der Waals surface area contributed by atoms with Crippen molar-refractivity contribution in [2.24, 2.45) is 5.14 Å². The van der Waals surface area contributed by atoms with Gasteiger partial charge in [0, 0.05) is 5.69 Å². The van der Waals surface area contributed by atoms with Gasteiger partial charge in [-0.15, -0.1) is 0 Å². The maximum absolute atomic E-state index is 12.1. The number of anilines is 1. The summed E-state index contributed by atoms with van der Waals surface area (Å²) in [6.45, 7) is 1.42. The first kappa shape index (κ1) is 17.6. The van der Waals surface area contributed by atoms with E-state index in [1.54, 1.807) is 30.3 Å². The third-order valence-corrected chi connectivity index (χ3v) is 4.00. The third-order valence-electron chi connectivity index (χ3n) is 3.09. The van der Waals surface area contributed by atoms with Gasteiger partial charge >= 0.3 is 5.97 Å². The number of ether oxygens (including phenoxy) is 1. The van der Waals surface area contributed by atoms with Crippen molar-refractivity contribution in [3.8, 4) is 0 Å². The van der Waals surface area contributed by atoms with Crippen LogP contribution in [0.5, 0.6) is 0 Å². The Morgan fingerprint density at radius 2 is 1.75 bits per heavy atom. The number of rotatable bonds is 5. The molecule has 1 atom stereocenters. The molecule has 0 aliphatic rings. The zero-order chi connectivity index (χ0) is 17.7. The zero-order valence-electron chi connectivity index (χ0n) is 12.8. The van der Waals surface area contributed by atoms with Gasteiger partial charge in [-0.1, -0.05) is 24.3 Å². The molecule has 0 saturated heterocycles. The van der Waals surface area contributed by atoms with E-state index in [0.29, 0.717) is 5.56 Å². The molecule has 0 bridgehead atoms. The minimum atomic E-state index is -3.87. The molecular weight excluding hydrogens is 332 g/mol. The lowest BCUT2D eigenvalue weighted by Gasteiger charge is -2.14. The van der Waals surface area contributed by atoms with Crippen LogP contribution in [-0.4, -0.2) is 26.4 Å². The summed E-state index contributed by atoms with van der Waals surface area (Å²) in [5, 5.41) is 7.51. The molecule has 0 unspecified atom stereocenters. The maximum atomic E-state index is 12.1. The lowest BCUT2D eigenvalue weighted by Crippen LogP contribution is -2.30. The van der Waals surface area contributed by atoms with Crippen LogP contribution in [-0.2, 0) is 19.6 Å². The van der Waals surface area contributed by atoms with E-state index in [4.69, 9.17) is 9.88 Å². The third kappa shape index (κ3) is 4.64. The number of esters is 1. The van der Waals surface area contributed by atoms with Crippen LogP contribution in [0.4, 0.5) is 5.69 Å². The molecule has 2 aromatic rings. The van der Waals surface area contributed by atoms with Gasteiger partial charge in [-0.05, 0) is 37.3 Å². The van der Waals surface area contributed by atoms with Gasteiger partial charge in [-0.25, -0.2) is 18.4 Å². The van der Waals surface area contributed by atoms with Crippen molar-refractivity contribution < 1.29 is 22.7 Å². The summed E-state index contributed by atoms with van der Waals surface area (Å²) >= 11 is 0. The number of benzene rings is 2. The van der Waals surface area contributed by atoms with E-state index in [-0.39, 0.29) is 10.6 Å². The molecule has 0 radical (unpaired) electrons. The summed E-state index contributed by atoms with van der Waals surface area (Å²) < 4.78 is 27.7. The Balaban J connectivity index is 2.03. The first-order chi connectivity index (χ1) is 11.3. The Kier molecular flexibility index (Phi) is 5.32. The standard InChI is InChI=1S/C16H16N2O5S/c1-11(23-16(20)12-6-3-2-4-7-12)15(19)18-13-8-5-9-14(10-13)24(17,21)22/h2-11H,1H3,(H,18,19)(H2,17,21,22)/t11-/m1/s1. The van der Waals surface area contributed by atoms with E-state index in [2.05, 4.69) is 5.32 Å². The summed E-state index contributed by atoms with van der Waals surface area (Å²) in [6, 6.07) is 13.7. The van der Waals surface area contributed by atoms with Gasteiger partial charge in [0.2, 0.25) is 10.0 Å². The molecule has 126 valence electrons. The quantitative estimate of drug-likeness (QED) is 0.795. The van der Waals surface area contributed by atoms with Crippen LogP contribution < -0.4 is 10.5 Å². The minimum Gasteiger partial charge on any atom is -0.449 e. The lowest BCUT2D eigenvalue weighted by molar-refractivity contribution is -0.123. The molecule has 7 nitrogen and oxygen atoms in total. The van der Waals surface area contributed by atoms with Crippen LogP contribution in [0, 0.1) is 0 Å². The second-order valence-corrected chi connectivity index (χ2v) is 6.54. The van der Waals surface area contributed by atoms with Gasteiger partial charge in [-0.2, -0.15) is 0 Å². The van der Waals surface area contributed by atoms with Gasteiger partial charge in [-0.3, -0.25) is 4.79 Å². The summed E-state index contributed by atoms with van der Waals surface area (Å²) in [7, 11) is -3.87. The van der Waals surface area contributed by atoms with Crippen molar-refractivity contribution in [1.82, 2.24) is 0 Å². The maximum Gasteiger partial charge on any atom is 0.338 e. The molecule has 0 spiro atoms. The van der Waals surface area contributed by atoms with E-state index in [9.17, 15) is 18.0 Å². The van der Waals surface area contributed by atoms with Gasteiger partial charge < -0.3 is 10.1 Å². The number of hydrogen-bond donors (Lipinski definition) is 2. The number of carbonyl (C=O) groups is 2. The Bertz CT molecular complexity index is 850. The largest absolute Gasteiger partial charge is 0.449 e. The monoisotopic (exact) mass is 348 g/mol. The van der Waals surface area contributed by atoms with Crippen molar-refractivity contribution in [1.29, 1.82) is 0 Å². The number of amides is 1. The average Bonchev–Trinajstić information content (AvgIpc) is 2.55. The van der Waals surface area contributed by atoms with Crippen LogP contribution in [0.25, 0.3) is 0 Å². The van der Waals surface area contributed by atoms with Crippen molar-refractivity contribution in [3.63, 3.8) is 0 Å². The summed E-state index contributed by atoms with van der Waals surface area (Å²) in [5.41, 5.74) is 0.558. The van der Waals surface area contributed by atoms with Gasteiger partial charge in [0.1, 0.15) is 0 Å². The normalized spacial score (nSPS) is 12.2. The lowest BCUT2D eigenvalue weighted by atomic mass is 10.2. The molecule has 2 rings (SSSR count). The summed E-state index contributed by atoms with van der Waals surface area (Å²) in [5.74, 6) is -1.22. The predicted octanol–water partition coefficient (Wildman–Crippen LogP) is 1.52. The Morgan fingerprint density at radius 3 is 2.38 bits per heavy atom. The molecule has 0 heterocycles. The SMILES string of the molecule is C[C@@H](OC(=O)c1ccccc1)C(=O)Nc1cccc(S(N)(=O)=O)c1. The van der Waals surface area contributed by atoms with E-state index in [1.165, 1.54) is 31.2 Å². The number of carbonyl (C=O) groups excluding carboxylic acids is 2. The van der Waals surface area contributed by atoms with Crippen molar-refractivity contribution in [3.05, 3.63) is 60.2 Å². The van der Waals surface area contributed by atoms with Crippen LogP contribution >= 0.6 is 0 Å². The molecule has 0 aliphatic carbocycles. The molecule has 0 saturated carbocycles. The van der Waals surface area contributed by atoms with Crippen LogP contribution in [0.1, 0.15) is 17.3 Å². The molecule has 24 heavy (non-hydrogen) atoms. The van der Waals surface area contributed by atoms with Gasteiger partial charge in [0.15, 0.2) is 6.10 Å². The molecule has 8 heteroatoms. The first-order valence-electron chi connectivity index (χ1n) is 6.97. The average molecular weight is 348 g/mol. The second kappa shape index (κ2) is 7.24. The van der Waals surface area contributed by atoms with Gasteiger partial charge in [0.25, 0.3) is 5.91 Å². The van der Waals surface area contributed by atoms with Crippen molar-refractivity contribution >= 4 is 27.6 Å². The van der Waals surface area contributed by atoms with Crippen LogP contribution in [0.15, 0.2) is 59.5 Å². The number of hydrogen-bond acceptors (Lipinski definition) is 5. The zero-order valence-corrected chi connectivity index (χ0v) is 13.6.